The van der Waals surface area contributed by atoms with E-state index in [1.54, 1.807) is 13.8 Å². The zero-order valence-corrected chi connectivity index (χ0v) is 14.1. The second kappa shape index (κ2) is 7.59. The van der Waals surface area contributed by atoms with Crippen molar-refractivity contribution in [2.45, 2.75) is 38.8 Å². The van der Waals surface area contributed by atoms with Crippen molar-refractivity contribution in [1.82, 2.24) is 4.90 Å². The molecule has 23 heavy (non-hydrogen) atoms. The van der Waals surface area contributed by atoms with E-state index in [-0.39, 0.29) is 13.2 Å². The van der Waals surface area contributed by atoms with E-state index in [1.165, 1.54) is 0 Å². The summed E-state index contributed by atoms with van der Waals surface area (Å²) in [7, 11) is 1.95. The Morgan fingerprint density at radius 3 is 2.04 bits per heavy atom. The largest absolute Gasteiger partial charge is 0.465 e. The maximum atomic E-state index is 12.4. The molecular formula is C18H25NO4. The molecule has 126 valence electrons. The van der Waals surface area contributed by atoms with Crippen LogP contribution in [-0.2, 0) is 25.6 Å². The standard InChI is InChI=1S/C18H25NO4/c1-4-22-16(20)15(17(21)23-5-2)18(11-12-18)19(3)13-14-9-7-6-8-10-14/h6-10,15H,4-5,11-13H2,1-3H3. The lowest BCUT2D eigenvalue weighted by atomic mass is 9.95. The van der Waals surface area contributed by atoms with Gasteiger partial charge in [0, 0.05) is 12.1 Å². The first kappa shape index (κ1) is 17.5. The summed E-state index contributed by atoms with van der Waals surface area (Å²) >= 11 is 0. The van der Waals surface area contributed by atoms with Crippen LogP contribution in [0.25, 0.3) is 0 Å². The fourth-order valence-electron chi connectivity index (χ4n) is 3.02. The Bertz CT molecular complexity index is 521. The third-order valence-electron chi connectivity index (χ3n) is 4.37. The molecule has 0 atom stereocenters. The van der Waals surface area contributed by atoms with E-state index in [0.717, 1.165) is 18.4 Å². The van der Waals surface area contributed by atoms with Gasteiger partial charge in [-0.2, -0.15) is 0 Å². The maximum Gasteiger partial charge on any atom is 0.322 e. The minimum atomic E-state index is -0.879. The summed E-state index contributed by atoms with van der Waals surface area (Å²) in [4.78, 5) is 26.8. The van der Waals surface area contributed by atoms with Crippen molar-refractivity contribution < 1.29 is 19.1 Å². The minimum Gasteiger partial charge on any atom is -0.465 e. The second-order valence-corrected chi connectivity index (χ2v) is 5.88. The average Bonchev–Trinajstić information content (AvgIpc) is 3.30. The van der Waals surface area contributed by atoms with E-state index < -0.39 is 23.4 Å². The quantitative estimate of drug-likeness (QED) is 0.544. The van der Waals surface area contributed by atoms with Gasteiger partial charge in [-0.25, -0.2) is 0 Å². The summed E-state index contributed by atoms with van der Waals surface area (Å²) < 4.78 is 10.3. The van der Waals surface area contributed by atoms with Crippen LogP contribution in [0.1, 0.15) is 32.3 Å². The molecule has 0 amide bonds. The highest BCUT2D eigenvalue weighted by Gasteiger charge is 2.59. The van der Waals surface area contributed by atoms with Gasteiger partial charge in [0.05, 0.1) is 13.2 Å². The molecule has 0 unspecified atom stereocenters. The van der Waals surface area contributed by atoms with E-state index in [2.05, 4.69) is 4.90 Å². The van der Waals surface area contributed by atoms with Crippen molar-refractivity contribution in [3.8, 4) is 0 Å². The number of hydrogen-bond donors (Lipinski definition) is 0. The van der Waals surface area contributed by atoms with Gasteiger partial charge in [-0.1, -0.05) is 30.3 Å². The fraction of sp³-hybridized carbons (Fsp3) is 0.556. The first-order valence-electron chi connectivity index (χ1n) is 8.13. The van der Waals surface area contributed by atoms with Crippen LogP contribution in [0, 0.1) is 5.92 Å². The number of carbonyl (C=O) groups is 2. The van der Waals surface area contributed by atoms with E-state index in [9.17, 15) is 9.59 Å². The summed E-state index contributed by atoms with van der Waals surface area (Å²) in [6, 6.07) is 10.0. The van der Waals surface area contributed by atoms with Gasteiger partial charge >= 0.3 is 11.9 Å². The molecular weight excluding hydrogens is 294 g/mol. The molecule has 0 radical (unpaired) electrons. The number of hydrogen-bond acceptors (Lipinski definition) is 5. The maximum absolute atomic E-state index is 12.4. The van der Waals surface area contributed by atoms with Crippen LogP contribution in [0.2, 0.25) is 0 Å². The predicted octanol–water partition coefficient (Wildman–Crippen LogP) is 2.39. The molecule has 0 N–H and O–H groups in total. The Hall–Kier alpha value is -1.88. The van der Waals surface area contributed by atoms with Crippen LogP contribution in [-0.4, -0.2) is 42.6 Å². The molecule has 0 aromatic heterocycles. The molecule has 1 saturated carbocycles. The molecule has 5 heteroatoms. The van der Waals surface area contributed by atoms with Crippen LogP contribution < -0.4 is 0 Å². The molecule has 2 rings (SSSR count). The monoisotopic (exact) mass is 319 g/mol. The SMILES string of the molecule is CCOC(=O)C(C(=O)OCC)C1(N(C)Cc2ccccc2)CC1. The molecule has 1 aliphatic carbocycles. The zero-order valence-electron chi connectivity index (χ0n) is 14.1. The van der Waals surface area contributed by atoms with Crippen molar-refractivity contribution in [3.05, 3.63) is 35.9 Å². The molecule has 0 bridgehead atoms. The topological polar surface area (TPSA) is 55.8 Å². The smallest absolute Gasteiger partial charge is 0.322 e. The van der Waals surface area contributed by atoms with Crippen LogP contribution in [0.4, 0.5) is 0 Å². The molecule has 5 nitrogen and oxygen atoms in total. The number of carbonyl (C=O) groups excluding carboxylic acids is 2. The van der Waals surface area contributed by atoms with Crippen molar-refractivity contribution >= 4 is 11.9 Å². The minimum absolute atomic E-state index is 0.257. The number of esters is 2. The van der Waals surface area contributed by atoms with Crippen LogP contribution in [0.3, 0.4) is 0 Å². The van der Waals surface area contributed by atoms with Gasteiger partial charge in [0.15, 0.2) is 5.92 Å². The number of benzene rings is 1. The van der Waals surface area contributed by atoms with E-state index >= 15 is 0 Å². The highest BCUT2D eigenvalue weighted by Crippen LogP contribution is 2.48. The second-order valence-electron chi connectivity index (χ2n) is 5.88. The fourth-order valence-corrected chi connectivity index (χ4v) is 3.02. The molecule has 0 saturated heterocycles. The highest BCUT2D eigenvalue weighted by atomic mass is 16.6. The Morgan fingerprint density at radius 1 is 1.09 bits per heavy atom. The molecule has 1 fully saturated rings. The molecule has 0 spiro atoms. The summed E-state index contributed by atoms with van der Waals surface area (Å²) in [5, 5.41) is 0. The average molecular weight is 319 g/mol. The lowest BCUT2D eigenvalue weighted by Crippen LogP contribution is -2.48. The molecule has 0 heterocycles. The van der Waals surface area contributed by atoms with Crippen molar-refractivity contribution in [3.63, 3.8) is 0 Å². The Labute approximate surface area is 137 Å². The predicted molar refractivity (Wildman–Crippen MR) is 86.6 cm³/mol. The third kappa shape index (κ3) is 3.91. The highest BCUT2D eigenvalue weighted by molar-refractivity contribution is 5.97. The van der Waals surface area contributed by atoms with Gasteiger partial charge in [-0.3, -0.25) is 14.5 Å². The summed E-state index contributed by atoms with van der Waals surface area (Å²) in [6.45, 7) is 4.68. The van der Waals surface area contributed by atoms with Crippen LogP contribution in [0.5, 0.6) is 0 Å². The Kier molecular flexibility index (Phi) is 5.77. The lowest BCUT2D eigenvalue weighted by Gasteiger charge is -2.32. The van der Waals surface area contributed by atoms with E-state index in [1.807, 2.05) is 37.4 Å². The van der Waals surface area contributed by atoms with Crippen LogP contribution >= 0.6 is 0 Å². The molecule has 1 aromatic carbocycles. The van der Waals surface area contributed by atoms with Crippen molar-refractivity contribution in [1.29, 1.82) is 0 Å². The summed E-state index contributed by atoms with van der Waals surface area (Å²) in [6.07, 6.45) is 1.58. The number of rotatable bonds is 8. The Balaban J connectivity index is 2.18. The van der Waals surface area contributed by atoms with Gasteiger partial charge in [-0.05, 0) is 39.3 Å². The number of nitrogens with zero attached hydrogens (tertiary/aromatic N) is 1. The third-order valence-corrected chi connectivity index (χ3v) is 4.37. The Morgan fingerprint density at radius 2 is 1.61 bits per heavy atom. The lowest BCUT2D eigenvalue weighted by molar-refractivity contribution is -0.166. The molecule has 1 aliphatic rings. The number of ether oxygens (including phenoxy) is 2. The first-order valence-corrected chi connectivity index (χ1v) is 8.13. The van der Waals surface area contributed by atoms with Crippen molar-refractivity contribution in [2.24, 2.45) is 5.92 Å². The van der Waals surface area contributed by atoms with Gasteiger partial charge in [0.25, 0.3) is 0 Å². The van der Waals surface area contributed by atoms with E-state index in [4.69, 9.17) is 9.47 Å². The van der Waals surface area contributed by atoms with Crippen molar-refractivity contribution in [2.75, 3.05) is 20.3 Å². The first-order chi connectivity index (χ1) is 11.0. The summed E-state index contributed by atoms with van der Waals surface area (Å²) in [5.41, 5.74) is 0.654. The zero-order chi connectivity index (χ0) is 16.9. The van der Waals surface area contributed by atoms with Gasteiger partial charge in [-0.15, -0.1) is 0 Å². The van der Waals surface area contributed by atoms with Gasteiger partial charge in [0.1, 0.15) is 0 Å². The van der Waals surface area contributed by atoms with E-state index in [0.29, 0.717) is 6.54 Å². The van der Waals surface area contributed by atoms with Gasteiger partial charge < -0.3 is 9.47 Å². The molecule has 1 aromatic rings. The van der Waals surface area contributed by atoms with Crippen LogP contribution in [0.15, 0.2) is 30.3 Å². The normalized spacial score (nSPS) is 15.5. The summed E-state index contributed by atoms with van der Waals surface area (Å²) in [5.74, 6) is -1.84. The molecule has 0 aliphatic heterocycles. The van der Waals surface area contributed by atoms with Gasteiger partial charge in [0.2, 0.25) is 0 Å².